The largest absolute Gasteiger partial charge is 0.348 e. The summed E-state index contributed by atoms with van der Waals surface area (Å²) in [6.45, 7) is 2.16. The Morgan fingerprint density at radius 2 is 1.48 bits per heavy atom. The molecule has 0 aliphatic carbocycles. The van der Waals surface area contributed by atoms with E-state index in [0.29, 0.717) is 17.7 Å². The second kappa shape index (κ2) is 7.09. The van der Waals surface area contributed by atoms with E-state index in [1.807, 2.05) is 35.2 Å². The summed E-state index contributed by atoms with van der Waals surface area (Å²) in [5, 5.41) is 2.88. The smallest absolute Gasteiger partial charge is 0.253 e. The van der Waals surface area contributed by atoms with Crippen molar-refractivity contribution < 1.29 is 9.59 Å². The summed E-state index contributed by atoms with van der Waals surface area (Å²) >= 11 is 0. The molecule has 1 saturated heterocycles. The van der Waals surface area contributed by atoms with E-state index in [1.54, 1.807) is 24.3 Å². The van der Waals surface area contributed by atoms with Gasteiger partial charge in [0.25, 0.3) is 11.8 Å². The first-order valence-electron chi connectivity index (χ1n) is 7.95. The third kappa shape index (κ3) is 3.77. The number of benzene rings is 2. The third-order valence-electron chi connectivity index (χ3n) is 4.08. The zero-order chi connectivity index (χ0) is 16.1. The van der Waals surface area contributed by atoms with Gasteiger partial charge < -0.3 is 10.2 Å². The van der Waals surface area contributed by atoms with Crippen molar-refractivity contribution >= 4 is 11.8 Å². The Balaban J connectivity index is 1.60. The van der Waals surface area contributed by atoms with Crippen LogP contribution in [0, 0.1) is 0 Å². The molecule has 0 radical (unpaired) electrons. The fourth-order valence-corrected chi connectivity index (χ4v) is 2.75. The molecule has 2 amide bonds. The molecule has 0 spiro atoms. The lowest BCUT2D eigenvalue weighted by molar-refractivity contribution is 0.0792. The van der Waals surface area contributed by atoms with E-state index >= 15 is 0 Å². The predicted octanol–water partition coefficient (Wildman–Crippen LogP) is 2.85. The first kappa shape index (κ1) is 15.3. The Hall–Kier alpha value is -2.62. The number of amides is 2. The highest BCUT2D eigenvalue weighted by molar-refractivity contribution is 5.97. The van der Waals surface area contributed by atoms with Gasteiger partial charge in [-0.25, -0.2) is 0 Å². The minimum absolute atomic E-state index is 0.0544. The van der Waals surface area contributed by atoms with Crippen molar-refractivity contribution in [2.45, 2.75) is 19.4 Å². The Bertz CT molecular complexity index is 674. The minimum Gasteiger partial charge on any atom is -0.348 e. The maximum atomic E-state index is 12.3. The second-order valence-electron chi connectivity index (χ2n) is 5.74. The van der Waals surface area contributed by atoms with Crippen LogP contribution in [0.1, 0.15) is 39.1 Å². The van der Waals surface area contributed by atoms with Gasteiger partial charge in [0, 0.05) is 30.8 Å². The average molecular weight is 308 g/mol. The molecule has 1 heterocycles. The van der Waals surface area contributed by atoms with Gasteiger partial charge in [-0.2, -0.15) is 0 Å². The summed E-state index contributed by atoms with van der Waals surface area (Å²) in [5.74, 6) is -0.0761. The SMILES string of the molecule is O=C(NCc1ccccc1)c1ccc(C(=O)N2CCCC2)cc1. The maximum absolute atomic E-state index is 12.3. The van der Waals surface area contributed by atoms with E-state index in [2.05, 4.69) is 5.32 Å². The van der Waals surface area contributed by atoms with Crippen molar-refractivity contribution in [3.05, 3.63) is 71.3 Å². The molecule has 4 nitrogen and oxygen atoms in total. The zero-order valence-electron chi connectivity index (χ0n) is 13.0. The van der Waals surface area contributed by atoms with Crippen LogP contribution in [0.3, 0.4) is 0 Å². The van der Waals surface area contributed by atoms with Gasteiger partial charge >= 0.3 is 0 Å². The third-order valence-corrected chi connectivity index (χ3v) is 4.08. The van der Waals surface area contributed by atoms with E-state index in [0.717, 1.165) is 31.5 Å². The molecule has 0 saturated carbocycles. The van der Waals surface area contributed by atoms with Crippen LogP contribution < -0.4 is 5.32 Å². The van der Waals surface area contributed by atoms with Crippen molar-refractivity contribution in [2.75, 3.05) is 13.1 Å². The number of hydrogen-bond donors (Lipinski definition) is 1. The highest BCUT2D eigenvalue weighted by Gasteiger charge is 2.19. The van der Waals surface area contributed by atoms with Crippen molar-refractivity contribution in [2.24, 2.45) is 0 Å². The van der Waals surface area contributed by atoms with Crippen LogP contribution >= 0.6 is 0 Å². The van der Waals surface area contributed by atoms with Crippen LogP contribution in [0.2, 0.25) is 0 Å². The zero-order valence-corrected chi connectivity index (χ0v) is 13.0. The fourth-order valence-electron chi connectivity index (χ4n) is 2.75. The summed E-state index contributed by atoms with van der Waals surface area (Å²) in [6, 6.07) is 16.7. The van der Waals surface area contributed by atoms with Crippen LogP contribution in [0.5, 0.6) is 0 Å². The molecule has 23 heavy (non-hydrogen) atoms. The van der Waals surface area contributed by atoms with Crippen LogP contribution in [0.25, 0.3) is 0 Å². The summed E-state index contributed by atoms with van der Waals surface area (Å²) in [4.78, 5) is 26.3. The Kier molecular flexibility index (Phi) is 4.71. The molecule has 0 atom stereocenters. The molecule has 0 aromatic heterocycles. The minimum atomic E-state index is -0.131. The molecule has 3 rings (SSSR count). The summed E-state index contributed by atoms with van der Waals surface area (Å²) in [7, 11) is 0. The van der Waals surface area contributed by atoms with E-state index in [4.69, 9.17) is 0 Å². The first-order valence-corrected chi connectivity index (χ1v) is 7.95. The molecule has 0 unspecified atom stereocenters. The normalized spacial score (nSPS) is 13.8. The van der Waals surface area contributed by atoms with Gasteiger partial charge in [0.15, 0.2) is 0 Å². The predicted molar refractivity (Wildman–Crippen MR) is 89.2 cm³/mol. The number of rotatable bonds is 4. The molecule has 4 heteroatoms. The summed E-state index contributed by atoms with van der Waals surface area (Å²) < 4.78 is 0. The molecular formula is C19H20N2O2. The van der Waals surface area contributed by atoms with Crippen molar-refractivity contribution in [1.82, 2.24) is 10.2 Å². The quantitative estimate of drug-likeness (QED) is 0.944. The first-order chi connectivity index (χ1) is 11.2. The standard InChI is InChI=1S/C19H20N2O2/c22-18(20-14-15-6-2-1-3-7-15)16-8-10-17(11-9-16)19(23)21-12-4-5-13-21/h1-3,6-11H,4-5,12-14H2,(H,20,22). The Labute approximate surface area is 136 Å². The molecule has 1 aliphatic rings. The molecule has 2 aromatic rings. The number of likely N-dealkylation sites (tertiary alicyclic amines) is 1. The fraction of sp³-hybridized carbons (Fsp3) is 0.263. The highest BCUT2D eigenvalue weighted by atomic mass is 16.2. The number of hydrogen-bond acceptors (Lipinski definition) is 2. The van der Waals surface area contributed by atoms with Crippen LogP contribution in [-0.2, 0) is 6.54 Å². The molecule has 118 valence electrons. The van der Waals surface area contributed by atoms with Gasteiger partial charge in [-0.1, -0.05) is 30.3 Å². The Morgan fingerprint density at radius 3 is 2.13 bits per heavy atom. The van der Waals surface area contributed by atoms with E-state index in [1.165, 1.54) is 0 Å². The topological polar surface area (TPSA) is 49.4 Å². The van der Waals surface area contributed by atoms with E-state index in [-0.39, 0.29) is 11.8 Å². The van der Waals surface area contributed by atoms with Gasteiger partial charge in [-0.05, 0) is 42.7 Å². The number of carbonyl (C=O) groups excluding carboxylic acids is 2. The maximum Gasteiger partial charge on any atom is 0.253 e. The van der Waals surface area contributed by atoms with Crippen molar-refractivity contribution in [1.29, 1.82) is 0 Å². The molecule has 2 aromatic carbocycles. The van der Waals surface area contributed by atoms with Gasteiger partial charge in [-0.3, -0.25) is 9.59 Å². The number of carbonyl (C=O) groups is 2. The van der Waals surface area contributed by atoms with Crippen LogP contribution in [0.4, 0.5) is 0 Å². The van der Waals surface area contributed by atoms with E-state index in [9.17, 15) is 9.59 Å². The van der Waals surface area contributed by atoms with Gasteiger partial charge in [0.1, 0.15) is 0 Å². The lowest BCUT2D eigenvalue weighted by Crippen LogP contribution is -2.27. The molecule has 1 N–H and O–H groups in total. The highest BCUT2D eigenvalue weighted by Crippen LogP contribution is 2.13. The lowest BCUT2D eigenvalue weighted by atomic mass is 10.1. The lowest BCUT2D eigenvalue weighted by Gasteiger charge is -2.15. The van der Waals surface area contributed by atoms with Gasteiger partial charge in [0.2, 0.25) is 0 Å². The summed E-state index contributed by atoms with van der Waals surface area (Å²) in [5.41, 5.74) is 2.27. The van der Waals surface area contributed by atoms with Crippen molar-refractivity contribution in [3.63, 3.8) is 0 Å². The molecular weight excluding hydrogens is 288 g/mol. The second-order valence-corrected chi connectivity index (χ2v) is 5.74. The monoisotopic (exact) mass is 308 g/mol. The van der Waals surface area contributed by atoms with Crippen LogP contribution in [0.15, 0.2) is 54.6 Å². The van der Waals surface area contributed by atoms with Crippen LogP contribution in [-0.4, -0.2) is 29.8 Å². The van der Waals surface area contributed by atoms with E-state index < -0.39 is 0 Å². The van der Waals surface area contributed by atoms with Crippen molar-refractivity contribution in [3.8, 4) is 0 Å². The van der Waals surface area contributed by atoms with Gasteiger partial charge in [-0.15, -0.1) is 0 Å². The molecule has 1 aliphatic heterocycles. The molecule has 0 bridgehead atoms. The average Bonchev–Trinajstić information content (AvgIpc) is 3.15. The Morgan fingerprint density at radius 1 is 0.870 bits per heavy atom. The number of nitrogens with one attached hydrogen (secondary N) is 1. The number of nitrogens with zero attached hydrogens (tertiary/aromatic N) is 1. The molecule has 1 fully saturated rings. The summed E-state index contributed by atoms with van der Waals surface area (Å²) in [6.07, 6.45) is 2.15. The van der Waals surface area contributed by atoms with Gasteiger partial charge in [0.05, 0.1) is 0 Å².